The molecular formula is C17H23ClN2O. The number of nitrogens with zero attached hydrogens (tertiary/aromatic N) is 2. The average molecular weight is 307 g/mol. The Morgan fingerprint density at radius 2 is 1.86 bits per heavy atom. The quantitative estimate of drug-likeness (QED) is 0.853. The highest BCUT2D eigenvalue weighted by Crippen LogP contribution is 2.26. The van der Waals surface area contributed by atoms with Crippen molar-refractivity contribution in [2.45, 2.75) is 25.7 Å². The Hall–Kier alpha value is -1.06. The van der Waals surface area contributed by atoms with Gasteiger partial charge < -0.3 is 4.90 Å². The number of anilines is 1. The van der Waals surface area contributed by atoms with Gasteiger partial charge in [-0.3, -0.25) is 9.69 Å². The molecule has 1 aromatic rings. The number of carbonyl (C=O) groups is 1. The second-order valence-corrected chi connectivity index (χ2v) is 6.63. The van der Waals surface area contributed by atoms with E-state index < -0.39 is 0 Å². The van der Waals surface area contributed by atoms with Gasteiger partial charge in [0.25, 0.3) is 0 Å². The van der Waals surface area contributed by atoms with Crippen molar-refractivity contribution in [3.05, 3.63) is 29.3 Å². The summed E-state index contributed by atoms with van der Waals surface area (Å²) < 4.78 is 0. The largest absolute Gasteiger partial charge is 0.369 e. The highest BCUT2D eigenvalue weighted by atomic mass is 35.5. The molecule has 114 valence electrons. The molecule has 21 heavy (non-hydrogen) atoms. The summed E-state index contributed by atoms with van der Waals surface area (Å²) in [5.74, 6) is 0.805. The zero-order valence-electron chi connectivity index (χ0n) is 12.4. The Balaban J connectivity index is 1.49. The maximum atomic E-state index is 12.2. The number of hydrogen-bond donors (Lipinski definition) is 0. The number of Topliss-reactive ketones (excluding diaryl/α,β-unsaturated/α-hetero) is 1. The van der Waals surface area contributed by atoms with Gasteiger partial charge in [-0.1, -0.05) is 30.5 Å². The van der Waals surface area contributed by atoms with E-state index >= 15 is 0 Å². The van der Waals surface area contributed by atoms with E-state index in [1.54, 1.807) is 0 Å². The van der Waals surface area contributed by atoms with Crippen molar-refractivity contribution in [2.24, 2.45) is 5.92 Å². The fraction of sp³-hybridized carbons (Fsp3) is 0.588. The van der Waals surface area contributed by atoms with Crippen LogP contribution in [0.3, 0.4) is 0 Å². The number of ketones is 1. The van der Waals surface area contributed by atoms with Gasteiger partial charge in [-0.15, -0.1) is 0 Å². The molecule has 4 heteroatoms. The Morgan fingerprint density at radius 3 is 2.52 bits per heavy atom. The minimum atomic E-state index is 0.343. The highest BCUT2D eigenvalue weighted by molar-refractivity contribution is 6.30. The number of piperazine rings is 1. The third kappa shape index (κ3) is 3.78. The minimum Gasteiger partial charge on any atom is -0.369 e. The van der Waals surface area contributed by atoms with Gasteiger partial charge in [0.15, 0.2) is 0 Å². The van der Waals surface area contributed by atoms with Crippen molar-refractivity contribution in [1.82, 2.24) is 4.90 Å². The average Bonchev–Trinajstić information content (AvgIpc) is 3.02. The molecule has 0 bridgehead atoms. The van der Waals surface area contributed by atoms with Crippen LogP contribution in [0.5, 0.6) is 0 Å². The SMILES string of the molecule is O=C(CN1CCN(c2cccc(Cl)c2)CC1)C1CCCC1. The van der Waals surface area contributed by atoms with Gasteiger partial charge in [0.05, 0.1) is 6.54 Å². The van der Waals surface area contributed by atoms with Crippen LogP contribution in [-0.2, 0) is 4.79 Å². The molecule has 1 aliphatic heterocycles. The van der Waals surface area contributed by atoms with Crippen LogP contribution in [0.2, 0.25) is 5.02 Å². The van der Waals surface area contributed by atoms with E-state index in [4.69, 9.17) is 11.6 Å². The van der Waals surface area contributed by atoms with Gasteiger partial charge in [0.2, 0.25) is 0 Å². The first kappa shape index (κ1) is 14.9. The molecule has 2 aliphatic rings. The van der Waals surface area contributed by atoms with Crippen LogP contribution >= 0.6 is 11.6 Å². The molecule has 1 saturated heterocycles. The third-order valence-corrected chi connectivity index (χ3v) is 4.97. The monoisotopic (exact) mass is 306 g/mol. The summed E-state index contributed by atoms with van der Waals surface area (Å²) in [6.45, 7) is 4.51. The summed E-state index contributed by atoms with van der Waals surface area (Å²) >= 11 is 6.05. The molecule has 1 aromatic carbocycles. The maximum absolute atomic E-state index is 12.2. The molecular weight excluding hydrogens is 284 g/mol. The molecule has 1 saturated carbocycles. The molecule has 0 spiro atoms. The van der Waals surface area contributed by atoms with E-state index in [9.17, 15) is 4.79 Å². The Labute approximate surface area is 131 Å². The van der Waals surface area contributed by atoms with Gasteiger partial charge in [0, 0.05) is 42.8 Å². The molecule has 2 fully saturated rings. The van der Waals surface area contributed by atoms with Gasteiger partial charge in [-0.25, -0.2) is 0 Å². The fourth-order valence-corrected chi connectivity index (χ4v) is 3.62. The summed E-state index contributed by atoms with van der Waals surface area (Å²) in [7, 11) is 0. The van der Waals surface area contributed by atoms with Crippen LogP contribution in [0.4, 0.5) is 5.69 Å². The number of halogens is 1. The van der Waals surface area contributed by atoms with Crippen molar-refractivity contribution >= 4 is 23.1 Å². The first-order valence-electron chi connectivity index (χ1n) is 7.98. The molecule has 0 amide bonds. The van der Waals surface area contributed by atoms with Crippen molar-refractivity contribution in [3.63, 3.8) is 0 Å². The van der Waals surface area contributed by atoms with Crippen LogP contribution < -0.4 is 4.90 Å². The standard InChI is InChI=1S/C17H23ClN2O/c18-15-6-3-7-16(12-15)20-10-8-19(9-11-20)13-17(21)14-4-1-2-5-14/h3,6-7,12,14H,1-2,4-5,8-11,13H2. The van der Waals surface area contributed by atoms with Crippen molar-refractivity contribution in [2.75, 3.05) is 37.6 Å². The Bertz CT molecular complexity index is 491. The maximum Gasteiger partial charge on any atom is 0.149 e. The van der Waals surface area contributed by atoms with E-state index in [0.717, 1.165) is 44.0 Å². The van der Waals surface area contributed by atoms with Gasteiger partial charge >= 0.3 is 0 Å². The van der Waals surface area contributed by atoms with Crippen molar-refractivity contribution < 1.29 is 4.79 Å². The second kappa shape index (κ2) is 6.80. The molecule has 1 aliphatic carbocycles. The van der Waals surface area contributed by atoms with Crippen LogP contribution in [0.15, 0.2) is 24.3 Å². The zero-order valence-corrected chi connectivity index (χ0v) is 13.2. The molecule has 0 aromatic heterocycles. The lowest BCUT2D eigenvalue weighted by atomic mass is 10.0. The first-order valence-corrected chi connectivity index (χ1v) is 8.36. The lowest BCUT2D eigenvalue weighted by molar-refractivity contribution is -0.123. The number of rotatable bonds is 4. The second-order valence-electron chi connectivity index (χ2n) is 6.19. The lowest BCUT2D eigenvalue weighted by Gasteiger charge is -2.36. The van der Waals surface area contributed by atoms with E-state index in [2.05, 4.69) is 15.9 Å². The fourth-order valence-electron chi connectivity index (χ4n) is 3.43. The Morgan fingerprint density at radius 1 is 1.14 bits per heavy atom. The van der Waals surface area contributed by atoms with Gasteiger partial charge in [-0.2, -0.15) is 0 Å². The van der Waals surface area contributed by atoms with Gasteiger partial charge in [-0.05, 0) is 31.0 Å². The minimum absolute atomic E-state index is 0.343. The zero-order chi connectivity index (χ0) is 14.7. The Kier molecular flexibility index (Phi) is 4.81. The van der Waals surface area contributed by atoms with Crippen LogP contribution in [0, 0.1) is 5.92 Å². The van der Waals surface area contributed by atoms with Crippen LogP contribution in [0.1, 0.15) is 25.7 Å². The molecule has 3 rings (SSSR count). The van der Waals surface area contributed by atoms with Crippen LogP contribution in [0.25, 0.3) is 0 Å². The molecule has 3 nitrogen and oxygen atoms in total. The summed E-state index contributed by atoms with van der Waals surface area (Å²) in [5, 5.41) is 0.784. The van der Waals surface area contributed by atoms with Crippen LogP contribution in [-0.4, -0.2) is 43.4 Å². The summed E-state index contributed by atoms with van der Waals surface area (Å²) in [5.41, 5.74) is 1.18. The predicted molar refractivity (Wildman–Crippen MR) is 87.1 cm³/mol. The summed E-state index contributed by atoms with van der Waals surface area (Å²) in [6, 6.07) is 8.02. The molecule has 0 unspecified atom stereocenters. The number of benzene rings is 1. The molecule has 0 atom stereocenters. The normalized spacial score (nSPS) is 20.9. The predicted octanol–water partition coefficient (Wildman–Crippen LogP) is 3.22. The topological polar surface area (TPSA) is 23.6 Å². The number of hydrogen-bond acceptors (Lipinski definition) is 3. The van der Waals surface area contributed by atoms with Crippen molar-refractivity contribution in [3.8, 4) is 0 Å². The van der Waals surface area contributed by atoms with E-state index in [1.807, 2.05) is 18.2 Å². The first-order chi connectivity index (χ1) is 10.2. The lowest BCUT2D eigenvalue weighted by Crippen LogP contribution is -2.48. The smallest absolute Gasteiger partial charge is 0.149 e. The number of carbonyl (C=O) groups excluding carboxylic acids is 1. The summed E-state index contributed by atoms with van der Waals surface area (Å²) in [4.78, 5) is 16.9. The molecule has 1 heterocycles. The molecule has 0 N–H and O–H groups in total. The van der Waals surface area contributed by atoms with Crippen molar-refractivity contribution in [1.29, 1.82) is 0 Å². The van der Waals surface area contributed by atoms with E-state index in [0.29, 0.717) is 18.2 Å². The van der Waals surface area contributed by atoms with E-state index in [-0.39, 0.29) is 0 Å². The summed E-state index contributed by atoms with van der Waals surface area (Å²) in [6.07, 6.45) is 4.69. The highest BCUT2D eigenvalue weighted by Gasteiger charge is 2.26. The van der Waals surface area contributed by atoms with E-state index in [1.165, 1.54) is 18.5 Å². The van der Waals surface area contributed by atoms with Gasteiger partial charge in [0.1, 0.15) is 5.78 Å². The molecule has 0 radical (unpaired) electrons. The third-order valence-electron chi connectivity index (χ3n) is 4.74.